The van der Waals surface area contributed by atoms with Crippen molar-refractivity contribution < 1.29 is 10.2 Å². The largest absolute Gasteiger partial charge is 0.394 e. The van der Waals surface area contributed by atoms with Crippen LogP contribution in [0.25, 0.3) is 0 Å². The highest BCUT2D eigenvalue weighted by atomic mass is 16.3. The fourth-order valence-electron chi connectivity index (χ4n) is 1.22. The minimum Gasteiger partial charge on any atom is -0.394 e. The first kappa shape index (κ1) is 12.1. The quantitative estimate of drug-likeness (QED) is 0.616. The molecule has 84 valence electrons. The number of nitrogens with zero attached hydrogens (tertiary/aromatic N) is 1. The van der Waals surface area contributed by atoms with Gasteiger partial charge in [0.15, 0.2) is 0 Å². The second-order valence-corrected chi connectivity index (χ2v) is 3.91. The van der Waals surface area contributed by atoms with Gasteiger partial charge in [-0.25, -0.2) is 0 Å². The normalized spacial score (nSPS) is 11.7. The van der Waals surface area contributed by atoms with Crippen molar-refractivity contribution in [1.82, 2.24) is 10.3 Å². The van der Waals surface area contributed by atoms with Crippen LogP contribution in [0.4, 0.5) is 0 Å². The summed E-state index contributed by atoms with van der Waals surface area (Å²) in [6.07, 6.45) is 4.37. The first-order valence-corrected chi connectivity index (χ1v) is 5.06. The molecule has 0 aromatic carbocycles. The molecule has 1 aromatic rings. The van der Waals surface area contributed by atoms with Crippen molar-refractivity contribution >= 4 is 0 Å². The van der Waals surface area contributed by atoms with Gasteiger partial charge in [-0.05, 0) is 37.6 Å². The summed E-state index contributed by atoms with van der Waals surface area (Å²) in [5, 5.41) is 21.2. The molecule has 0 bridgehead atoms. The third kappa shape index (κ3) is 3.95. The fourth-order valence-corrected chi connectivity index (χ4v) is 1.22. The molecule has 0 fully saturated rings. The number of hydrogen-bond donors (Lipinski definition) is 3. The molecule has 0 unspecified atom stereocenters. The lowest BCUT2D eigenvalue weighted by Crippen LogP contribution is -2.49. The maximum absolute atomic E-state index is 9.05. The first-order chi connectivity index (χ1) is 7.20. The van der Waals surface area contributed by atoms with Crippen LogP contribution in [0.2, 0.25) is 0 Å². The maximum Gasteiger partial charge on any atom is 0.0633 e. The van der Waals surface area contributed by atoms with Crippen LogP contribution in [0.5, 0.6) is 0 Å². The number of aliphatic hydroxyl groups is 2. The van der Waals surface area contributed by atoms with E-state index in [1.54, 1.807) is 19.3 Å². The summed E-state index contributed by atoms with van der Waals surface area (Å²) in [6.45, 7) is 2.38. The maximum atomic E-state index is 9.05. The topological polar surface area (TPSA) is 65.4 Å². The van der Waals surface area contributed by atoms with E-state index in [-0.39, 0.29) is 13.2 Å². The minimum absolute atomic E-state index is 0.0696. The molecular weight excluding hydrogens is 192 g/mol. The van der Waals surface area contributed by atoms with Crippen LogP contribution < -0.4 is 5.32 Å². The van der Waals surface area contributed by atoms with Gasteiger partial charge in [0.25, 0.3) is 0 Å². The van der Waals surface area contributed by atoms with Crippen LogP contribution in [0, 0.1) is 0 Å². The predicted molar refractivity (Wildman–Crippen MR) is 58.5 cm³/mol. The van der Waals surface area contributed by atoms with Crippen LogP contribution in [-0.4, -0.2) is 40.5 Å². The first-order valence-electron chi connectivity index (χ1n) is 5.06. The number of hydrogen-bond acceptors (Lipinski definition) is 4. The van der Waals surface area contributed by atoms with Crippen LogP contribution in [0.3, 0.4) is 0 Å². The molecule has 0 aliphatic carbocycles. The molecule has 4 heteroatoms. The van der Waals surface area contributed by atoms with E-state index in [2.05, 4.69) is 10.3 Å². The molecular formula is C11H18N2O2. The Kier molecular flexibility index (Phi) is 4.68. The lowest BCUT2D eigenvalue weighted by molar-refractivity contribution is 0.105. The van der Waals surface area contributed by atoms with Crippen molar-refractivity contribution in [1.29, 1.82) is 0 Å². The number of aromatic nitrogens is 1. The van der Waals surface area contributed by atoms with Crippen LogP contribution in [0.15, 0.2) is 24.5 Å². The van der Waals surface area contributed by atoms with E-state index in [1.165, 1.54) is 5.56 Å². The van der Waals surface area contributed by atoms with Crippen molar-refractivity contribution in [3.05, 3.63) is 30.1 Å². The summed E-state index contributed by atoms with van der Waals surface area (Å²) in [6, 6.07) is 3.91. The molecule has 1 aromatic heterocycles. The monoisotopic (exact) mass is 210 g/mol. The van der Waals surface area contributed by atoms with Crippen molar-refractivity contribution in [2.24, 2.45) is 0 Å². The Morgan fingerprint density at radius 3 is 2.40 bits per heavy atom. The zero-order valence-corrected chi connectivity index (χ0v) is 8.98. The summed E-state index contributed by atoms with van der Waals surface area (Å²) in [5.74, 6) is 0. The molecule has 0 atom stereocenters. The highest BCUT2D eigenvalue weighted by Crippen LogP contribution is 2.02. The van der Waals surface area contributed by atoms with E-state index in [4.69, 9.17) is 10.2 Å². The van der Waals surface area contributed by atoms with E-state index in [1.807, 2.05) is 12.1 Å². The summed E-state index contributed by atoms with van der Waals surface area (Å²) in [7, 11) is 0. The van der Waals surface area contributed by atoms with E-state index in [0.717, 1.165) is 13.0 Å². The Balaban J connectivity index is 2.33. The summed E-state index contributed by atoms with van der Waals surface area (Å²) in [4.78, 5) is 3.93. The van der Waals surface area contributed by atoms with Crippen molar-refractivity contribution in [2.75, 3.05) is 19.8 Å². The molecule has 15 heavy (non-hydrogen) atoms. The van der Waals surface area contributed by atoms with Gasteiger partial charge in [0.05, 0.1) is 18.8 Å². The van der Waals surface area contributed by atoms with Crippen molar-refractivity contribution in [2.45, 2.75) is 18.9 Å². The van der Waals surface area contributed by atoms with Gasteiger partial charge in [-0.1, -0.05) is 0 Å². The molecule has 0 saturated carbocycles. The second kappa shape index (κ2) is 5.80. The Bertz CT molecular complexity index is 273. The Hall–Kier alpha value is -0.970. The fraction of sp³-hybridized carbons (Fsp3) is 0.545. The van der Waals surface area contributed by atoms with E-state index < -0.39 is 5.54 Å². The molecule has 0 aliphatic rings. The molecule has 0 saturated heterocycles. The highest BCUT2D eigenvalue weighted by molar-refractivity contribution is 5.10. The predicted octanol–water partition coefficient (Wildman–Crippen LogP) is -0.0430. The smallest absolute Gasteiger partial charge is 0.0633 e. The number of rotatable bonds is 6. The average Bonchev–Trinajstić information content (AvgIpc) is 2.30. The number of pyridine rings is 1. The second-order valence-electron chi connectivity index (χ2n) is 3.91. The molecule has 0 radical (unpaired) electrons. The zero-order valence-electron chi connectivity index (χ0n) is 8.98. The molecule has 1 heterocycles. The standard InChI is InChI=1S/C11H18N2O2/c1-11(8-14,9-15)13-7-4-10-2-5-12-6-3-10/h2-3,5-6,13-15H,4,7-9H2,1H3. The molecule has 0 aliphatic heterocycles. The summed E-state index contributed by atoms with van der Waals surface area (Å²) >= 11 is 0. The van der Waals surface area contributed by atoms with Gasteiger partial charge < -0.3 is 15.5 Å². The molecule has 1 rings (SSSR count). The van der Waals surface area contributed by atoms with Gasteiger partial charge in [0, 0.05) is 12.4 Å². The van der Waals surface area contributed by atoms with Gasteiger partial charge in [-0.3, -0.25) is 4.98 Å². The molecule has 3 N–H and O–H groups in total. The van der Waals surface area contributed by atoms with Gasteiger partial charge in [0.2, 0.25) is 0 Å². The Morgan fingerprint density at radius 1 is 1.27 bits per heavy atom. The van der Waals surface area contributed by atoms with Crippen LogP contribution in [0.1, 0.15) is 12.5 Å². The summed E-state index contributed by atoms with van der Waals surface area (Å²) in [5.41, 5.74) is 0.600. The number of nitrogens with one attached hydrogen (secondary N) is 1. The van der Waals surface area contributed by atoms with Crippen molar-refractivity contribution in [3.63, 3.8) is 0 Å². The van der Waals surface area contributed by atoms with Crippen LogP contribution >= 0.6 is 0 Å². The van der Waals surface area contributed by atoms with E-state index >= 15 is 0 Å². The van der Waals surface area contributed by atoms with Gasteiger partial charge in [0.1, 0.15) is 0 Å². The SMILES string of the molecule is CC(CO)(CO)NCCc1ccncc1. The van der Waals surface area contributed by atoms with Crippen molar-refractivity contribution in [3.8, 4) is 0 Å². The third-order valence-electron chi connectivity index (χ3n) is 2.41. The van der Waals surface area contributed by atoms with Gasteiger partial charge in [-0.2, -0.15) is 0 Å². The van der Waals surface area contributed by atoms with Crippen LogP contribution in [-0.2, 0) is 6.42 Å². The summed E-state index contributed by atoms with van der Waals surface area (Å²) < 4.78 is 0. The highest BCUT2D eigenvalue weighted by Gasteiger charge is 2.20. The number of aliphatic hydroxyl groups excluding tert-OH is 2. The average molecular weight is 210 g/mol. The van der Waals surface area contributed by atoms with E-state index in [9.17, 15) is 0 Å². The van der Waals surface area contributed by atoms with Gasteiger partial charge in [-0.15, -0.1) is 0 Å². The molecule has 0 spiro atoms. The lowest BCUT2D eigenvalue weighted by atomic mass is 10.1. The molecule has 0 amide bonds. The Labute approximate surface area is 90.0 Å². The Morgan fingerprint density at radius 2 is 1.87 bits per heavy atom. The zero-order chi connectivity index (χ0) is 11.1. The van der Waals surface area contributed by atoms with Gasteiger partial charge >= 0.3 is 0 Å². The van der Waals surface area contributed by atoms with E-state index in [0.29, 0.717) is 0 Å². The third-order valence-corrected chi connectivity index (χ3v) is 2.41. The minimum atomic E-state index is -0.590. The lowest BCUT2D eigenvalue weighted by Gasteiger charge is -2.26. The molecule has 4 nitrogen and oxygen atoms in total.